The minimum Gasteiger partial charge on any atom is -0.396 e. The van der Waals surface area contributed by atoms with E-state index in [0.717, 1.165) is 5.56 Å². The van der Waals surface area contributed by atoms with Gasteiger partial charge in [-0.15, -0.1) is 11.3 Å². The number of aliphatic hydroxyl groups is 1. The molecule has 4 rings (SSSR count). The number of rotatable bonds is 9. The second-order valence-corrected chi connectivity index (χ2v) is 8.31. The molecule has 0 aromatic carbocycles. The van der Waals surface area contributed by atoms with E-state index in [2.05, 4.69) is 37.3 Å². The van der Waals surface area contributed by atoms with Crippen molar-refractivity contribution in [2.24, 2.45) is 10.4 Å². The van der Waals surface area contributed by atoms with Gasteiger partial charge in [0.15, 0.2) is 0 Å². The first-order valence-corrected chi connectivity index (χ1v) is 10.8. The van der Waals surface area contributed by atoms with Crippen molar-refractivity contribution in [3.63, 3.8) is 0 Å². The van der Waals surface area contributed by atoms with Gasteiger partial charge >= 0.3 is 0 Å². The van der Waals surface area contributed by atoms with Gasteiger partial charge in [-0.2, -0.15) is 10.2 Å². The predicted octanol–water partition coefficient (Wildman–Crippen LogP) is 2.61. The summed E-state index contributed by atoms with van der Waals surface area (Å²) in [5, 5.41) is 26.3. The largest absolute Gasteiger partial charge is 0.396 e. The van der Waals surface area contributed by atoms with Gasteiger partial charge < -0.3 is 15.2 Å². The Kier molecular flexibility index (Phi) is 6.40. The molecule has 3 N–H and O–H groups in total. The Bertz CT molecular complexity index is 1150. The van der Waals surface area contributed by atoms with E-state index in [1.165, 1.54) is 11.3 Å². The highest BCUT2D eigenvalue weighted by Crippen LogP contribution is 2.31. The monoisotopic (exact) mass is 453 g/mol. The highest BCUT2D eigenvalue weighted by molar-refractivity contribution is 7.13. The van der Waals surface area contributed by atoms with Crippen molar-refractivity contribution in [1.29, 1.82) is 0 Å². The van der Waals surface area contributed by atoms with E-state index in [9.17, 15) is 9.90 Å². The molecule has 11 heteroatoms. The van der Waals surface area contributed by atoms with Crippen LogP contribution in [0.2, 0.25) is 0 Å². The van der Waals surface area contributed by atoms with Gasteiger partial charge in [0, 0.05) is 23.3 Å². The normalized spacial score (nSPS) is 15.6. The lowest BCUT2D eigenvalue weighted by atomic mass is 9.87. The predicted molar refractivity (Wildman–Crippen MR) is 123 cm³/mol. The summed E-state index contributed by atoms with van der Waals surface area (Å²) in [5.41, 5.74) is 2.18. The van der Waals surface area contributed by atoms with E-state index in [1.54, 1.807) is 34.7 Å². The Labute approximate surface area is 188 Å². The number of nitrogens with one attached hydrogen (secondary N) is 2. The van der Waals surface area contributed by atoms with E-state index in [1.807, 2.05) is 19.1 Å². The third-order valence-corrected chi connectivity index (χ3v) is 5.89. The second kappa shape index (κ2) is 9.39. The van der Waals surface area contributed by atoms with Crippen LogP contribution in [-0.4, -0.2) is 62.5 Å². The molecular weight excluding hydrogens is 430 g/mol. The lowest BCUT2D eigenvalue weighted by molar-refractivity contribution is -0.146. The van der Waals surface area contributed by atoms with Crippen molar-refractivity contribution < 1.29 is 14.6 Å². The minimum absolute atomic E-state index is 0.0134. The topological polar surface area (TPSA) is 130 Å². The molecule has 1 aliphatic rings. The van der Waals surface area contributed by atoms with Crippen LogP contribution < -0.4 is 5.32 Å². The van der Waals surface area contributed by atoms with Crippen molar-refractivity contribution >= 4 is 35.3 Å². The summed E-state index contributed by atoms with van der Waals surface area (Å²) in [6, 6.07) is 0. The minimum atomic E-state index is -0.381. The summed E-state index contributed by atoms with van der Waals surface area (Å²) in [6.07, 6.45) is 10.5. The van der Waals surface area contributed by atoms with E-state index < -0.39 is 0 Å². The smallest absolute Gasteiger partial charge is 0.275 e. The van der Waals surface area contributed by atoms with Crippen LogP contribution in [-0.2, 0) is 11.3 Å². The molecule has 1 amide bonds. The number of thiazole rings is 1. The number of ether oxygens (including phenoxy) is 1. The molecule has 0 radical (unpaired) electrons. The van der Waals surface area contributed by atoms with Crippen molar-refractivity contribution in [1.82, 2.24) is 25.0 Å². The molecule has 0 saturated carbocycles. The highest BCUT2D eigenvalue weighted by Gasteiger charge is 2.39. The number of hydrogen-bond acceptors (Lipinski definition) is 8. The standard InChI is InChI=1S/C21H23N7O3S/c1-3-4-5-15(22-2)18-16(8-28(27-18)10-21(11-29)12-31-13-21)25-19(30)17-9-32-20(26-17)14-6-23-24-7-14/h3-9,29H,2,10-13H2,1H3,(H,23,24)(H,25,30)/b4-3-,15-5-. The number of H-pyrrole nitrogens is 1. The number of aliphatic imine (C=N–C) groups is 1. The van der Waals surface area contributed by atoms with Crippen molar-refractivity contribution in [2.75, 3.05) is 25.1 Å². The van der Waals surface area contributed by atoms with Gasteiger partial charge in [0.1, 0.15) is 16.4 Å². The van der Waals surface area contributed by atoms with Gasteiger partial charge in [-0.3, -0.25) is 19.6 Å². The zero-order valence-electron chi connectivity index (χ0n) is 17.5. The van der Waals surface area contributed by atoms with Crippen molar-refractivity contribution in [3.8, 4) is 10.6 Å². The number of carbonyl (C=O) groups excluding carboxylic acids is 1. The maximum absolute atomic E-state index is 12.9. The fourth-order valence-electron chi connectivity index (χ4n) is 3.21. The first-order chi connectivity index (χ1) is 15.6. The maximum atomic E-state index is 12.9. The third kappa shape index (κ3) is 4.44. The zero-order valence-corrected chi connectivity index (χ0v) is 18.3. The maximum Gasteiger partial charge on any atom is 0.275 e. The fraction of sp³-hybridized carbons (Fsp3) is 0.286. The number of aromatic amines is 1. The summed E-state index contributed by atoms with van der Waals surface area (Å²) in [4.78, 5) is 21.4. The van der Waals surface area contributed by atoms with Crippen LogP contribution in [0.4, 0.5) is 5.69 Å². The number of hydrogen-bond donors (Lipinski definition) is 3. The second-order valence-electron chi connectivity index (χ2n) is 7.45. The number of anilines is 1. The number of nitrogens with zero attached hydrogens (tertiary/aromatic N) is 5. The van der Waals surface area contributed by atoms with Gasteiger partial charge in [-0.25, -0.2) is 4.98 Å². The molecule has 32 heavy (non-hydrogen) atoms. The zero-order chi connectivity index (χ0) is 22.6. The number of aliphatic hydroxyl groups excluding tert-OH is 1. The van der Waals surface area contributed by atoms with Crippen LogP contribution in [0.3, 0.4) is 0 Å². The van der Waals surface area contributed by atoms with E-state index >= 15 is 0 Å². The molecule has 4 heterocycles. The summed E-state index contributed by atoms with van der Waals surface area (Å²) in [5.74, 6) is -0.366. The first kappa shape index (κ1) is 21.8. The van der Waals surface area contributed by atoms with Crippen LogP contribution in [0.1, 0.15) is 23.1 Å². The van der Waals surface area contributed by atoms with Crippen molar-refractivity contribution in [2.45, 2.75) is 13.5 Å². The van der Waals surface area contributed by atoms with Gasteiger partial charge in [0.05, 0.1) is 49.4 Å². The molecule has 1 saturated heterocycles. The SMILES string of the molecule is C=N/C(=C\C=C/C)c1nn(CC2(CO)COC2)cc1NC(=O)c1csc(-c2cn[nH]c2)n1. The molecule has 1 aliphatic heterocycles. The average molecular weight is 454 g/mol. The molecule has 0 atom stereocenters. The highest BCUT2D eigenvalue weighted by atomic mass is 32.1. The quantitative estimate of drug-likeness (QED) is 0.337. The van der Waals surface area contributed by atoms with Gasteiger partial charge in [-0.1, -0.05) is 12.2 Å². The average Bonchev–Trinajstić information content (AvgIpc) is 3.52. The van der Waals surface area contributed by atoms with Crippen molar-refractivity contribution in [3.05, 3.63) is 53.6 Å². The molecule has 0 aliphatic carbocycles. The Morgan fingerprint density at radius 3 is 3.00 bits per heavy atom. The lowest BCUT2D eigenvalue weighted by Crippen LogP contribution is -2.48. The van der Waals surface area contributed by atoms with E-state index in [0.29, 0.717) is 41.8 Å². The van der Waals surface area contributed by atoms with E-state index in [-0.39, 0.29) is 23.6 Å². The Hall–Kier alpha value is -3.41. The molecule has 0 spiro atoms. The van der Waals surface area contributed by atoms with Crippen LogP contribution >= 0.6 is 11.3 Å². The molecule has 1 fully saturated rings. The molecule has 3 aromatic rings. The third-order valence-electron chi connectivity index (χ3n) is 5.00. The lowest BCUT2D eigenvalue weighted by Gasteiger charge is -2.39. The van der Waals surface area contributed by atoms with Crippen LogP contribution in [0.25, 0.3) is 16.3 Å². The molecule has 0 bridgehead atoms. The van der Waals surface area contributed by atoms with Crippen LogP contribution in [0.15, 0.2) is 47.2 Å². The first-order valence-electron chi connectivity index (χ1n) is 9.89. The molecular formula is C21H23N7O3S. The molecule has 166 valence electrons. The summed E-state index contributed by atoms with van der Waals surface area (Å²) in [7, 11) is 0. The van der Waals surface area contributed by atoms with Gasteiger partial charge in [0.25, 0.3) is 5.91 Å². The van der Waals surface area contributed by atoms with Gasteiger partial charge in [-0.05, 0) is 19.7 Å². The fourth-order valence-corrected chi connectivity index (χ4v) is 3.99. The van der Waals surface area contributed by atoms with E-state index in [4.69, 9.17) is 4.74 Å². The Balaban J connectivity index is 1.62. The van der Waals surface area contributed by atoms with Crippen LogP contribution in [0.5, 0.6) is 0 Å². The number of aromatic nitrogens is 5. The molecule has 3 aromatic heterocycles. The Morgan fingerprint density at radius 2 is 2.38 bits per heavy atom. The summed E-state index contributed by atoms with van der Waals surface area (Å²) >= 11 is 1.36. The number of carbonyl (C=O) groups is 1. The number of amides is 1. The number of allylic oxidation sites excluding steroid dienone is 3. The molecule has 10 nitrogen and oxygen atoms in total. The Morgan fingerprint density at radius 1 is 1.53 bits per heavy atom. The summed E-state index contributed by atoms with van der Waals surface area (Å²) < 4.78 is 6.97. The summed E-state index contributed by atoms with van der Waals surface area (Å²) in [6.45, 7) is 6.87. The molecule has 0 unspecified atom stereocenters. The van der Waals surface area contributed by atoms with Crippen LogP contribution in [0, 0.1) is 5.41 Å². The van der Waals surface area contributed by atoms with Gasteiger partial charge in [0.2, 0.25) is 0 Å².